The van der Waals surface area contributed by atoms with Crippen molar-refractivity contribution in [3.63, 3.8) is 0 Å². The molecule has 0 N–H and O–H groups in total. The summed E-state index contributed by atoms with van der Waals surface area (Å²) in [4.78, 5) is 0. The van der Waals surface area contributed by atoms with Gasteiger partial charge in [0.2, 0.25) is 0 Å². The van der Waals surface area contributed by atoms with E-state index in [9.17, 15) is 0 Å². The van der Waals surface area contributed by atoms with Gasteiger partial charge in [-0.15, -0.1) is 0 Å². The Balaban J connectivity index is 2.58. The Bertz CT molecular complexity index is 907. The van der Waals surface area contributed by atoms with Gasteiger partial charge in [0, 0.05) is 5.41 Å². The topological polar surface area (TPSA) is 36.9 Å². The van der Waals surface area contributed by atoms with E-state index >= 15 is 0 Å². The maximum absolute atomic E-state index is 5.57. The molecule has 30 heavy (non-hydrogen) atoms. The summed E-state index contributed by atoms with van der Waals surface area (Å²) in [5.74, 6) is 3.01. The molecule has 0 saturated heterocycles. The molecule has 0 aliphatic heterocycles. The second-order valence-corrected chi connectivity index (χ2v) is 7.55. The van der Waals surface area contributed by atoms with E-state index in [-0.39, 0.29) is 5.41 Å². The van der Waals surface area contributed by atoms with E-state index in [1.54, 1.807) is 28.4 Å². The number of hydrogen-bond donors (Lipinski definition) is 0. The average Bonchev–Trinajstić information content (AvgIpc) is 2.74. The Morgan fingerprint density at radius 1 is 0.767 bits per heavy atom. The van der Waals surface area contributed by atoms with Crippen LogP contribution in [0.15, 0.2) is 60.2 Å². The van der Waals surface area contributed by atoms with Crippen LogP contribution in [-0.4, -0.2) is 28.4 Å². The van der Waals surface area contributed by atoms with Crippen molar-refractivity contribution in [1.29, 1.82) is 0 Å². The summed E-state index contributed by atoms with van der Waals surface area (Å²) in [6.45, 7) is 10.5. The van der Waals surface area contributed by atoms with E-state index in [4.69, 9.17) is 18.9 Å². The first-order chi connectivity index (χ1) is 14.3. The van der Waals surface area contributed by atoms with E-state index in [1.165, 1.54) is 0 Å². The van der Waals surface area contributed by atoms with Gasteiger partial charge in [-0.2, -0.15) is 0 Å². The van der Waals surface area contributed by atoms with E-state index in [0.29, 0.717) is 0 Å². The Kier molecular flexibility index (Phi) is 7.76. The second-order valence-electron chi connectivity index (χ2n) is 7.55. The van der Waals surface area contributed by atoms with Crippen LogP contribution >= 0.6 is 0 Å². The van der Waals surface area contributed by atoms with Crippen LogP contribution in [0.2, 0.25) is 0 Å². The van der Waals surface area contributed by atoms with Crippen LogP contribution < -0.4 is 18.9 Å². The number of benzene rings is 2. The van der Waals surface area contributed by atoms with Gasteiger partial charge in [-0.05, 0) is 42.8 Å². The van der Waals surface area contributed by atoms with Gasteiger partial charge in [0.1, 0.15) is 23.0 Å². The van der Waals surface area contributed by atoms with Crippen molar-refractivity contribution < 1.29 is 18.9 Å². The molecule has 0 spiro atoms. The van der Waals surface area contributed by atoms with Crippen LogP contribution in [0.4, 0.5) is 0 Å². The molecule has 0 bridgehead atoms. The van der Waals surface area contributed by atoms with Gasteiger partial charge in [-0.25, -0.2) is 0 Å². The summed E-state index contributed by atoms with van der Waals surface area (Å²) in [7, 11) is 6.63. The summed E-state index contributed by atoms with van der Waals surface area (Å²) in [6, 6.07) is 11.5. The fraction of sp³-hybridized carbons (Fsp3) is 0.308. The summed E-state index contributed by atoms with van der Waals surface area (Å²) < 4.78 is 22.2. The SMILES string of the molecule is C=C(C)C(=Cc1c(OC)cccc1OC)C(C)(C)C=Cc1c(OC)cccc1OC. The molecule has 0 saturated carbocycles. The quantitative estimate of drug-likeness (QED) is 0.449. The number of allylic oxidation sites excluding steroid dienone is 3. The van der Waals surface area contributed by atoms with E-state index in [2.05, 4.69) is 32.6 Å². The summed E-state index contributed by atoms with van der Waals surface area (Å²) in [5, 5.41) is 0. The fourth-order valence-electron chi connectivity index (χ4n) is 3.45. The Morgan fingerprint density at radius 2 is 1.17 bits per heavy atom. The predicted molar refractivity (Wildman–Crippen MR) is 125 cm³/mol. The number of ether oxygens (including phenoxy) is 4. The van der Waals surface area contributed by atoms with E-state index in [1.807, 2.05) is 49.4 Å². The van der Waals surface area contributed by atoms with Gasteiger partial charge >= 0.3 is 0 Å². The lowest BCUT2D eigenvalue weighted by molar-refractivity contribution is 0.392. The van der Waals surface area contributed by atoms with Gasteiger partial charge in [0.05, 0.1) is 39.6 Å². The van der Waals surface area contributed by atoms with Gasteiger partial charge < -0.3 is 18.9 Å². The van der Waals surface area contributed by atoms with Crippen LogP contribution in [0, 0.1) is 5.41 Å². The molecule has 160 valence electrons. The van der Waals surface area contributed by atoms with Crippen molar-refractivity contribution in [2.75, 3.05) is 28.4 Å². The Labute approximate surface area is 180 Å². The maximum atomic E-state index is 5.57. The summed E-state index contributed by atoms with van der Waals surface area (Å²) in [5.41, 5.74) is 3.48. The first-order valence-corrected chi connectivity index (χ1v) is 9.78. The molecule has 0 aliphatic rings. The van der Waals surface area contributed by atoms with Gasteiger partial charge in [-0.1, -0.05) is 50.3 Å². The van der Waals surface area contributed by atoms with E-state index in [0.717, 1.165) is 45.3 Å². The fourth-order valence-corrected chi connectivity index (χ4v) is 3.45. The Hall–Kier alpha value is -3.14. The van der Waals surface area contributed by atoms with Gasteiger partial charge in [0.15, 0.2) is 0 Å². The van der Waals surface area contributed by atoms with Crippen molar-refractivity contribution in [1.82, 2.24) is 0 Å². The van der Waals surface area contributed by atoms with Crippen molar-refractivity contribution in [2.45, 2.75) is 20.8 Å². The van der Waals surface area contributed by atoms with Crippen LogP contribution in [0.25, 0.3) is 12.2 Å². The average molecular weight is 409 g/mol. The van der Waals surface area contributed by atoms with Crippen molar-refractivity contribution in [3.8, 4) is 23.0 Å². The minimum absolute atomic E-state index is 0.330. The lowest BCUT2D eigenvalue weighted by Gasteiger charge is -2.26. The van der Waals surface area contributed by atoms with E-state index < -0.39 is 0 Å². The molecule has 2 rings (SSSR count). The van der Waals surface area contributed by atoms with Crippen molar-refractivity contribution in [3.05, 3.63) is 71.3 Å². The largest absolute Gasteiger partial charge is 0.496 e. The van der Waals surface area contributed by atoms with Crippen LogP contribution in [0.5, 0.6) is 23.0 Å². The highest BCUT2D eigenvalue weighted by Crippen LogP contribution is 2.40. The molecule has 4 nitrogen and oxygen atoms in total. The molecular formula is C26H32O4. The van der Waals surface area contributed by atoms with Gasteiger partial charge in [-0.3, -0.25) is 0 Å². The van der Waals surface area contributed by atoms with Gasteiger partial charge in [0.25, 0.3) is 0 Å². The zero-order valence-electron chi connectivity index (χ0n) is 19.0. The number of methoxy groups -OCH3 is 4. The molecule has 2 aromatic rings. The highest BCUT2D eigenvalue weighted by Gasteiger charge is 2.23. The smallest absolute Gasteiger partial charge is 0.129 e. The molecule has 0 aromatic heterocycles. The zero-order valence-corrected chi connectivity index (χ0v) is 19.0. The molecule has 2 aromatic carbocycles. The molecule has 0 atom stereocenters. The first kappa shape index (κ1) is 23.1. The lowest BCUT2D eigenvalue weighted by Crippen LogP contribution is -2.12. The molecule has 4 heteroatoms. The second kappa shape index (κ2) is 10.1. The third-order valence-corrected chi connectivity index (χ3v) is 5.04. The zero-order chi connectivity index (χ0) is 22.3. The minimum atomic E-state index is -0.330. The molecule has 0 fully saturated rings. The molecule has 0 aliphatic carbocycles. The standard InChI is InChI=1S/C26H32O4/c1-18(2)21(17-20-24(29-7)13-10-14-25(20)30-8)26(3,4)16-15-19-22(27-5)11-9-12-23(19)28-6/h9-17H,1H2,2-8H3. The van der Waals surface area contributed by atoms with Crippen molar-refractivity contribution in [2.24, 2.45) is 5.41 Å². The monoisotopic (exact) mass is 408 g/mol. The molecule has 0 unspecified atom stereocenters. The third-order valence-electron chi connectivity index (χ3n) is 5.04. The summed E-state index contributed by atoms with van der Waals surface area (Å²) >= 11 is 0. The molecule has 0 heterocycles. The predicted octanol–water partition coefficient (Wildman–Crippen LogP) is 6.42. The lowest BCUT2D eigenvalue weighted by atomic mass is 9.79. The Morgan fingerprint density at radius 3 is 1.53 bits per heavy atom. The molecule has 0 amide bonds. The summed E-state index contributed by atoms with van der Waals surface area (Å²) in [6.07, 6.45) is 6.26. The number of rotatable bonds is 9. The normalized spacial score (nSPS) is 12.0. The minimum Gasteiger partial charge on any atom is -0.496 e. The van der Waals surface area contributed by atoms with Crippen LogP contribution in [-0.2, 0) is 0 Å². The first-order valence-electron chi connectivity index (χ1n) is 9.78. The highest BCUT2D eigenvalue weighted by molar-refractivity contribution is 5.71. The molecule has 0 radical (unpaired) electrons. The van der Waals surface area contributed by atoms with Crippen LogP contribution in [0.1, 0.15) is 31.9 Å². The maximum Gasteiger partial charge on any atom is 0.129 e. The van der Waals surface area contributed by atoms with Crippen LogP contribution in [0.3, 0.4) is 0 Å². The molecular weight excluding hydrogens is 376 g/mol. The van der Waals surface area contributed by atoms with Crippen molar-refractivity contribution >= 4 is 12.2 Å². The third kappa shape index (κ3) is 5.07. The highest BCUT2D eigenvalue weighted by atomic mass is 16.5. The number of hydrogen-bond acceptors (Lipinski definition) is 4.